The van der Waals surface area contributed by atoms with Crippen molar-refractivity contribution in [1.29, 1.82) is 0 Å². The van der Waals surface area contributed by atoms with Crippen molar-refractivity contribution in [3.05, 3.63) is 47.7 Å². The highest BCUT2D eigenvalue weighted by Gasteiger charge is 2.21. The van der Waals surface area contributed by atoms with Crippen LogP contribution in [0.3, 0.4) is 0 Å². The summed E-state index contributed by atoms with van der Waals surface area (Å²) in [5.74, 6) is 0.697. The summed E-state index contributed by atoms with van der Waals surface area (Å²) >= 11 is 0. The summed E-state index contributed by atoms with van der Waals surface area (Å²) in [4.78, 5) is 0.269. The minimum atomic E-state index is -3.44. The summed E-state index contributed by atoms with van der Waals surface area (Å²) in [7, 11) is -1.87. The number of allylic oxidation sites excluding steroid dienone is 3. The van der Waals surface area contributed by atoms with E-state index in [1.807, 2.05) is 0 Å². The van der Waals surface area contributed by atoms with Crippen LogP contribution in [-0.4, -0.2) is 15.5 Å². The van der Waals surface area contributed by atoms with E-state index in [2.05, 4.69) is 4.72 Å². The third kappa shape index (κ3) is 2.34. The fraction of sp³-hybridized carbons (Fsp3) is 0.167. The highest BCUT2D eigenvalue weighted by atomic mass is 32.2. The van der Waals surface area contributed by atoms with Crippen molar-refractivity contribution >= 4 is 14.9 Å². The molecule has 0 saturated heterocycles. The average Bonchev–Trinajstić information content (AvgIpc) is 2.28. The first-order chi connectivity index (χ1) is 8.03. The van der Waals surface area contributed by atoms with Crippen LogP contribution in [0.4, 0.5) is 0 Å². The standard InChI is InChI=1S/C12H13NO3S/c1-9-3-8-12(17(14,15)13-9)10-4-6-11(16-2)7-5-10/h3-8,13H,1-2H3. The molecule has 0 bridgehead atoms. The quantitative estimate of drug-likeness (QED) is 0.873. The number of benzene rings is 1. The van der Waals surface area contributed by atoms with Gasteiger partial charge in [0.05, 0.1) is 12.0 Å². The molecule has 0 saturated carbocycles. The Morgan fingerprint density at radius 1 is 1.12 bits per heavy atom. The fourth-order valence-corrected chi connectivity index (χ4v) is 2.89. The zero-order valence-corrected chi connectivity index (χ0v) is 10.4. The Balaban J connectivity index is 2.45. The summed E-state index contributed by atoms with van der Waals surface area (Å²) in [6.45, 7) is 1.71. The second-order valence-corrected chi connectivity index (χ2v) is 5.37. The molecule has 0 amide bonds. The Labute approximate surface area is 101 Å². The summed E-state index contributed by atoms with van der Waals surface area (Å²) in [6.07, 6.45) is 3.34. The van der Waals surface area contributed by atoms with Crippen LogP contribution in [0.2, 0.25) is 0 Å². The first kappa shape index (κ1) is 11.7. The van der Waals surface area contributed by atoms with Gasteiger partial charge in [-0.2, -0.15) is 0 Å². The highest BCUT2D eigenvalue weighted by molar-refractivity contribution is 7.99. The second kappa shape index (κ2) is 4.25. The van der Waals surface area contributed by atoms with Crippen molar-refractivity contribution in [1.82, 2.24) is 4.72 Å². The molecule has 1 aromatic carbocycles. The van der Waals surface area contributed by atoms with Crippen LogP contribution in [0.25, 0.3) is 4.91 Å². The maximum Gasteiger partial charge on any atom is 0.262 e. The number of rotatable bonds is 2. The summed E-state index contributed by atoms with van der Waals surface area (Å²) in [5.41, 5.74) is 1.25. The molecule has 2 rings (SSSR count). The SMILES string of the molecule is COc1ccc(C2=CC=C(C)NS2(=O)=O)cc1. The summed E-state index contributed by atoms with van der Waals surface area (Å²) in [6, 6.07) is 6.91. The molecule has 0 fully saturated rings. The van der Waals surface area contributed by atoms with E-state index in [0.717, 1.165) is 0 Å². The number of nitrogens with one attached hydrogen (secondary N) is 1. The molecule has 1 heterocycles. The summed E-state index contributed by atoms with van der Waals surface area (Å²) in [5, 5.41) is 0. The van der Waals surface area contributed by atoms with Gasteiger partial charge in [0.25, 0.3) is 10.0 Å². The van der Waals surface area contributed by atoms with E-state index in [1.54, 1.807) is 50.5 Å². The van der Waals surface area contributed by atoms with E-state index >= 15 is 0 Å². The smallest absolute Gasteiger partial charge is 0.262 e. The van der Waals surface area contributed by atoms with Crippen LogP contribution in [0.5, 0.6) is 5.75 Å². The van der Waals surface area contributed by atoms with Gasteiger partial charge in [-0.15, -0.1) is 0 Å². The van der Waals surface area contributed by atoms with E-state index in [0.29, 0.717) is 17.0 Å². The molecule has 0 aromatic heterocycles. The monoisotopic (exact) mass is 251 g/mol. The van der Waals surface area contributed by atoms with Gasteiger partial charge in [-0.1, -0.05) is 0 Å². The molecular formula is C12H13NO3S. The Bertz CT molecular complexity index is 583. The molecule has 0 spiro atoms. The van der Waals surface area contributed by atoms with Crippen LogP contribution in [0.15, 0.2) is 42.1 Å². The molecule has 1 N–H and O–H groups in total. The number of hydrogen-bond acceptors (Lipinski definition) is 3. The van der Waals surface area contributed by atoms with Gasteiger partial charge in [0.2, 0.25) is 0 Å². The molecular weight excluding hydrogens is 238 g/mol. The Hall–Kier alpha value is -1.75. The minimum Gasteiger partial charge on any atom is -0.497 e. The number of hydrogen-bond donors (Lipinski definition) is 1. The van der Waals surface area contributed by atoms with Gasteiger partial charge in [-0.05, 0) is 48.9 Å². The Morgan fingerprint density at radius 3 is 2.29 bits per heavy atom. The molecule has 17 heavy (non-hydrogen) atoms. The fourth-order valence-electron chi connectivity index (χ4n) is 1.60. The van der Waals surface area contributed by atoms with Crippen molar-refractivity contribution in [3.8, 4) is 5.75 Å². The van der Waals surface area contributed by atoms with Crippen molar-refractivity contribution in [3.63, 3.8) is 0 Å². The maximum absolute atomic E-state index is 11.9. The number of ether oxygens (including phenoxy) is 1. The van der Waals surface area contributed by atoms with E-state index in [-0.39, 0.29) is 4.91 Å². The Morgan fingerprint density at radius 2 is 1.76 bits per heavy atom. The molecule has 0 aliphatic carbocycles. The van der Waals surface area contributed by atoms with Gasteiger partial charge >= 0.3 is 0 Å². The minimum absolute atomic E-state index is 0.269. The van der Waals surface area contributed by atoms with E-state index < -0.39 is 10.0 Å². The lowest BCUT2D eigenvalue weighted by Gasteiger charge is -2.15. The van der Waals surface area contributed by atoms with Crippen LogP contribution < -0.4 is 9.46 Å². The normalized spacial score (nSPS) is 17.8. The topological polar surface area (TPSA) is 55.4 Å². The first-order valence-corrected chi connectivity index (χ1v) is 6.57. The van der Waals surface area contributed by atoms with Gasteiger partial charge in [-0.3, -0.25) is 4.72 Å². The summed E-state index contributed by atoms with van der Waals surface area (Å²) < 4.78 is 31.3. The molecule has 1 aliphatic heterocycles. The molecule has 4 nitrogen and oxygen atoms in total. The lowest BCUT2D eigenvalue weighted by Crippen LogP contribution is -2.24. The molecule has 1 aliphatic rings. The molecule has 5 heteroatoms. The Kier molecular flexibility index (Phi) is 2.93. The third-order valence-corrected chi connectivity index (χ3v) is 3.99. The maximum atomic E-state index is 11.9. The number of methoxy groups -OCH3 is 1. The zero-order chi connectivity index (χ0) is 12.5. The lowest BCUT2D eigenvalue weighted by atomic mass is 10.2. The average molecular weight is 251 g/mol. The molecule has 0 atom stereocenters. The van der Waals surface area contributed by atoms with Gasteiger partial charge in [-0.25, -0.2) is 8.42 Å². The first-order valence-electron chi connectivity index (χ1n) is 5.09. The van der Waals surface area contributed by atoms with Crippen molar-refractivity contribution in [2.45, 2.75) is 6.92 Å². The van der Waals surface area contributed by atoms with Crippen LogP contribution in [-0.2, 0) is 10.0 Å². The zero-order valence-electron chi connectivity index (χ0n) is 9.60. The highest BCUT2D eigenvalue weighted by Crippen LogP contribution is 2.25. The predicted molar refractivity (Wildman–Crippen MR) is 66.8 cm³/mol. The van der Waals surface area contributed by atoms with Gasteiger partial charge in [0.1, 0.15) is 5.75 Å². The van der Waals surface area contributed by atoms with Crippen LogP contribution in [0, 0.1) is 0 Å². The second-order valence-electron chi connectivity index (χ2n) is 3.71. The molecule has 0 radical (unpaired) electrons. The van der Waals surface area contributed by atoms with Gasteiger partial charge in [0, 0.05) is 5.70 Å². The van der Waals surface area contributed by atoms with Gasteiger partial charge < -0.3 is 4.74 Å². The lowest BCUT2D eigenvalue weighted by molar-refractivity contribution is 0.415. The van der Waals surface area contributed by atoms with Crippen molar-refractivity contribution in [2.75, 3.05) is 7.11 Å². The third-order valence-electron chi connectivity index (χ3n) is 2.44. The molecule has 0 unspecified atom stereocenters. The number of sulfonamides is 1. The van der Waals surface area contributed by atoms with E-state index in [4.69, 9.17) is 4.74 Å². The van der Waals surface area contributed by atoms with Crippen LogP contribution >= 0.6 is 0 Å². The van der Waals surface area contributed by atoms with Crippen molar-refractivity contribution < 1.29 is 13.2 Å². The van der Waals surface area contributed by atoms with E-state index in [9.17, 15) is 8.42 Å². The molecule has 90 valence electrons. The van der Waals surface area contributed by atoms with Crippen molar-refractivity contribution in [2.24, 2.45) is 0 Å². The van der Waals surface area contributed by atoms with E-state index in [1.165, 1.54) is 0 Å². The predicted octanol–water partition coefficient (Wildman–Crippen LogP) is 1.87. The largest absolute Gasteiger partial charge is 0.497 e. The molecule has 1 aromatic rings. The van der Waals surface area contributed by atoms with Gasteiger partial charge in [0.15, 0.2) is 0 Å². The van der Waals surface area contributed by atoms with Crippen LogP contribution in [0.1, 0.15) is 12.5 Å².